The fourth-order valence-electron chi connectivity index (χ4n) is 1.72. The van der Waals surface area contributed by atoms with Gasteiger partial charge in [0.15, 0.2) is 0 Å². The molecule has 0 aliphatic heterocycles. The molecule has 0 fully saturated rings. The maximum absolute atomic E-state index is 11.6. The number of rotatable bonds is 4. The van der Waals surface area contributed by atoms with Crippen LogP contribution in [0.1, 0.15) is 21.1 Å². The second-order valence-electron chi connectivity index (χ2n) is 4.37. The minimum Gasteiger partial charge on any atom is -0.465 e. The Balaban J connectivity index is 2.54. The van der Waals surface area contributed by atoms with Crippen molar-refractivity contribution in [1.82, 2.24) is 4.98 Å². The Morgan fingerprint density at radius 2 is 1.91 bits per heavy atom. The van der Waals surface area contributed by atoms with Gasteiger partial charge in [0.05, 0.1) is 38.4 Å². The zero-order valence-corrected chi connectivity index (χ0v) is 15.3. The Morgan fingerprint density at radius 3 is 2.39 bits per heavy atom. The Labute approximate surface area is 149 Å². The van der Waals surface area contributed by atoms with E-state index in [0.717, 1.165) is 23.1 Å². The summed E-state index contributed by atoms with van der Waals surface area (Å²) in [4.78, 5) is 27.0. The highest BCUT2D eigenvalue weighted by molar-refractivity contribution is 8.01. The lowest BCUT2D eigenvalue weighted by Crippen LogP contribution is -1.97. The van der Waals surface area contributed by atoms with Crippen LogP contribution >= 0.6 is 46.3 Å². The van der Waals surface area contributed by atoms with Crippen LogP contribution in [0.15, 0.2) is 15.2 Å². The zero-order chi connectivity index (χ0) is 17.3. The molecule has 122 valence electrons. The minimum absolute atomic E-state index is 0.136. The quantitative estimate of drug-likeness (QED) is 0.417. The van der Waals surface area contributed by atoms with Crippen molar-refractivity contribution in [3.8, 4) is 0 Å². The minimum atomic E-state index is -0.635. The van der Waals surface area contributed by atoms with Crippen molar-refractivity contribution in [3.05, 3.63) is 42.5 Å². The van der Waals surface area contributed by atoms with Crippen molar-refractivity contribution in [3.63, 3.8) is 0 Å². The molecule has 0 radical (unpaired) electrons. The predicted molar refractivity (Wildman–Crippen MR) is 90.2 cm³/mol. The summed E-state index contributed by atoms with van der Waals surface area (Å²) in [5.74, 6) is -0.635. The average Bonchev–Trinajstić information content (AvgIpc) is 2.93. The summed E-state index contributed by atoms with van der Waals surface area (Å²) in [6.45, 7) is 3.44. The number of carbonyl (C=O) groups excluding carboxylic acids is 1. The summed E-state index contributed by atoms with van der Waals surface area (Å²) in [6.07, 6.45) is 0. The van der Waals surface area contributed by atoms with Gasteiger partial charge in [0.25, 0.3) is 5.69 Å². The zero-order valence-electron chi connectivity index (χ0n) is 12.2. The smallest absolute Gasteiger partial charge is 0.348 e. The van der Waals surface area contributed by atoms with Crippen LogP contribution in [0.2, 0.25) is 10.0 Å². The van der Waals surface area contributed by atoms with Crippen molar-refractivity contribution >= 4 is 58.0 Å². The van der Waals surface area contributed by atoms with Gasteiger partial charge in [0, 0.05) is 6.07 Å². The lowest BCUT2D eigenvalue weighted by molar-refractivity contribution is -0.387. The summed E-state index contributed by atoms with van der Waals surface area (Å²) in [5, 5.41) is 11.9. The number of ether oxygens (including phenoxy) is 1. The van der Waals surface area contributed by atoms with E-state index in [0.29, 0.717) is 30.5 Å². The first kappa shape index (κ1) is 18.0. The number of aryl methyl sites for hydroxylation is 2. The fraction of sp³-hybridized carbons (Fsp3) is 0.231. The molecule has 2 aromatic rings. The highest BCUT2D eigenvalue weighted by Crippen LogP contribution is 2.47. The Morgan fingerprint density at radius 1 is 1.35 bits per heavy atom. The number of carbonyl (C=O) groups is 1. The summed E-state index contributed by atoms with van der Waals surface area (Å²) < 4.78 is 4.89. The molecule has 2 rings (SSSR count). The van der Waals surface area contributed by atoms with Gasteiger partial charge >= 0.3 is 5.97 Å². The van der Waals surface area contributed by atoms with E-state index in [4.69, 9.17) is 23.2 Å². The Kier molecular flexibility index (Phi) is 5.51. The lowest BCUT2D eigenvalue weighted by Gasteiger charge is -2.09. The van der Waals surface area contributed by atoms with E-state index in [9.17, 15) is 14.9 Å². The molecule has 0 N–H and O–H groups in total. The molecule has 0 amide bonds. The first-order valence-corrected chi connectivity index (χ1v) is 8.51. The molecular formula is C13H10Cl2N2O4S2. The van der Waals surface area contributed by atoms with Crippen LogP contribution in [-0.2, 0) is 4.74 Å². The van der Waals surface area contributed by atoms with Crippen molar-refractivity contribution < 1.29 is 14.5 Å². The molecule has 0 aromatic carbocycles. The van der Waals surface area contributed by atoms with E-state index >= 15 is 0 Å². The van der Waals surface area contributed by atoms with E-state index in [-0.39, 0.29) is 10.6 Å². The van der Waals surface area contributed by atoms with Gasteiger partial charge in [0.1, 0.15) is 9.09 Å². The second-order valence-corrected chi connectivity index (χ2v) is 7.46. The first-order chi connectivity index (χ1) is 10.8. The Bertz CT molecular complexity index is 782. The van der Waals surface area contributed by atoms with Crippen LogP contribution in [0.4, 0.5) is 5.69 Å². The molecule has 0 bridgehead atoms. The largest absolute Gasteiger partial charge is 0.465 e. The van der Waals surface area contributed by atoms with Crippen molar-refractivity contribution in [2.45, 2.75) is 23.0 Å². The number of halogens is 2. The summed E-state index contributed by atoms with van der Waals surface area (Å²) in [6, 6.07) is 1.18. The molecule has 0 saturated heterocycles. The number of aromatic nitrogens is 1. The van der Waals surface area contributed by atoms with Crippen molar-refractivity contribution in [1.29, 1.82) is 0 Å². The molecule has 0 atom stereocenters. The number of pyridine rings is 1. The van der Waals surface area contributed by atoms with Gasteiger partial charge in [-0.1, -0.05) is 35.0 Å². The molecule has 23 heavy (non-hydrogen) atoms. The van der Waals surface area contributed by atoms with Gasteiger partial charge in [0.2, 0.25) is 0 Å². The maximum Gasteiger partial charge on any atom is 0.348 e. The third-order valence-corrected chi connectivity index (χ3v) is 6.38. The molecule has 2 heterocycles. The van der Waals surface area contributed by atoms with E-state index in [1.54, 1.807) is 13.8 Å². The topological polar surface area (TPSA) is 82.3 Å². The third kappa shape index (κ3) is 3.60. The summed E-state index contributed by atoms with van der Waals surface area (Å²) >= 11 is 14.4. The normalized spacial score (nSPS) is 10.7. The van der Waals surface area contributed by atoms with Crippen LogP contribution in [0.3, 0.4) is 0 Å². The van der Waals surface area contributed by atoms with E-state index < -0.39 is 10.9 Å². The van der Waals surface area contributed by atoms with Crippen molar-refractivity contribution in [2.75, 3.05) is 7.11 Å². The highest BCUT2D eigenvalue weighted by atomic mass is 35.5. The molecule has 0 aliphatic rings. The number of esters is 1. The molecular weight excluding hydrogens is 383 g/mol. The number of methoxy groups -OCH3 is 1. The van der Waals surface area contributed by atoms with E-state index in [2.05, 4.69) is 9.72 Å². The molecule has 6 nitrogen and oxygen atoms in total. The van der Waals surface area contributed by atoms with Gasteiger partial charge < -0.3 is 4.74 Å². The van der Waals surface area contributed by atoms with Crippen LogP contribution in [0, 0.1) is 24.0 Å². The van der Waals surface area contributed by atoms with Gasteiger partial charge in [-0.3, -0.25) is 15.1 Å². The number of nitrogens with zero attached hydrogens (tertiary/aromatic N) is 2. The van der Waals surface area contributed by atoms with Crippen LogP contribution in [0.5, 0.6) is 0 Å². The number of hydrogen-bond acceptors (Lipinski definition) is 7. The fourth-order valence-corrected chi connectivity index (χ4v) is 4.64. The molecule has 2 aromatic heterocycles. The lowest BCUT2D eigenvalue weighted by atomic mass is 10.3. The van der Waals surface area contributed by atoms with Crippen LogP contribution in [-0.4, -0.2) is 23.0 Å². The Hall–Kier alpha value is -1.35. The molecule has 0 aliphatic carbocycles. The summed E-state index contributed by atoms with van der Waals surface area (Å²) in [7, 11) is 1.21. The average molecular weight is 393 g/mol. The van der Waals surface area contributed by atoms with Gasteiger partial charge in [-0.25, -0.2) is 4.79 Å². The first-order valence-electron chi connectivity index (χ1n) is 6.12. The van der Waals surface area contributed by atoms with E-state index in [1.807, 2.05) is 0 Å². The van der Waals surface area contributed by atoms with Crippen molar-refractivity contribution in [2.24, 2.45) is 0 Å². The number of hydrogen-bond donors (Lipinski definition) is 0. The van der Waals surface area contributed by atoms with E-state index in [1.165, 1.54) is 13.2 Å². The predicted octanol–water partition coefficient (Wildman–Crippen LogP) is 4.91. The second kappa shape index (κ2) is 7.04. The number of thiophene rings is 1. The third-order valence-electron chi connectivity index (χ3n) is 2.83. The molecule has 10 heteroatoms. The van der Waals surface area contributed by atoms with Gasteiger partial charge in [-0.15, -0.1) is 11.3 Å². The molecule has 0 spiro atoms. The van der Waals surface area contributed by atoms with Gasteiger partial charge in [-0.2, -0.15) is 0 Å². The monoisotopic (exact) mass is 392 g/mol. The highest BCUT2D eigenvalue weighted by Gasteiger charge is 2.26. The molecule has 0 saturated carbocycles. The van der Waals surface area contributed by atoms with Gasteiger partial charge in [-0.05, 0) is 13.8 Å². The standard InChI is InChI=1S/C13H10Cl2N2O4S2/c1-5-9(14)11(10(15)6(2)16-5)23-13-7(17(19)20)4-8(22-13)12(18)21-3/h4H,1-3H3. The number of nitro groups is 1. The van der Waals surface area contributed by atoms with Crippen LogP contribution in [0.25, 0.3) is 0 Å². The van der Waals surface area contributed by atoms with Crippen LogP contribution < -0.4 is 0 Å². The SMILES string of the molecule is COC(=O)c1cc([N+](=O)[O-])c(Sc2c(Cl)c(C)nc(C)c2Cl)s1. The summed E-state index contributed by atoms with van der Waals surface area (Å²) in [5.41, 5.74) is 0.951. The maximum atomic E-state index is 11.6. The molecule has 0 unspecified atom stereocenters.